The lowest BCUT2D eigenvalue weighted by atomic mass is 9.98. The number of allylic oxidation sites excluding steroid dienone is 1. The van der Waals surface area contributed by atoms with Crippen LogP contribution in [-0.4, -0.2) is 102 Å². The first kappa shape index (κ1) is 76.3. The number of unbranched alkanes of at least 4 members (excludes halogenated alkanes) is 10. The van der Waals surface area contributed by atoms with Gasteiger partial charge in [-0.15, -0.1) is 0 Å². The molecule has 3 aromatic rings. The number of hydrogen-bond donors (Lipinski definition) is 2. The molecular weight excluding hydrogens is 1090 g/mol. The van der Waals surface area contributed by atoms with Gasteiger partial charge in [-0.25, -0.2) is 19.4 Å². The van der Waals surface area contributed by atoms with Gasteiger partial charge in [0, 0.05) is 42.9 Å². The Hall–Kier alpha value is -6.76. The van der Waals surface area contributed by atoms with Gasteiger partial charge in [-0.2, -0.15) is 0 Å². The number of hydrogen-bond acceptors (Lipinski definition) is 16. The maximum Gasteiger partial charge on any atom is 0.516 e. The second-order valence-electron chi connectivity index (χ2n) is 22.7. The van der Waals surface area contributed by atoms with Gasteiger partial charge in [-0.3, -0.25) is 24.0 Å². The van der Waals surface area contributed by atoms with Crippen molar-refractivity contribution < 1.29 is 66.8 Å². The number of methoxy groups -OCH3 is 2. The van der Waals surface area contributed by atoms with Crippen molar-refractivity contribution in [2.75, 3.05) is 20.8 Å². The SMILES string of the molecule is C/C=C(/COC)C(C)=O.CC.CCCCCCCCC(NC(=O)CCC(=O)OC(=O)OCc1c(C)cc2n(c1=O)Cc1c-2nc2ccc(OC)cc2c1CC)C(=O)OC(C)(C)C.CCCCCCCCC(NC(=O)CCC=O)C(=O)OC(C)(C)C. The molecule has 19 heteroatoms. The van der Waals surface area contributed by atoms with E-state index in [1.54, 1.807) is 73.3 Å². The van der Waals surface area contributed by atoms with Crippen LogP contribution in [-0.2, 0) is 76.8 Å². The topological polar surface area (TPSA) is 251 Å². The number of carbonyl (C=O) groups excluding carboxylic acids is 8. The van der Waals surface area contributed by atoms with Crippen molar-refractivity contribution >= 4 is 58.8 Å². The van der Waals surface area contributed by atoms with Gasteiger partial charge < -0.3 is 48.4 Å². The Bertz CT molecular complexity index is 2710. The zero-order chi connectivity index (χ0) is 64.3. The third-order valence-corrected chi connectivity index (χ3v) is 13.4. The summed E-state index contributed by atoms with van der Waals surface area (Å²) in [7, 11) is 3.19. The van der Waals surface area contributed by atoms with Crippen molar-refractivity contribution in [3.63, 3.8) is 0 Å². The molecule has 1 aliphatic rings. The van der Waals surface area contributed by atoms with Crippen LogP contribution >= 0.6 is 0 Å². The first-order valence-electron chi connectivity index (χ1n) is 30.5. The second kappa shape index (κ2) is 40.5. The van der Waals surface area contributed by atoms with Crippen molar-refractivity contribution in [2.45, 2.75) is 255 Å². The highest BCUT2D eigenvalue weighted by atomic mass is 16.7. The first-order valence-corrected chi connectivity index (χ1v) is 30.5. The Morgan fingerprint density at radius 1 is 0.729 bits per heavy atom. The van der Waals surface area contributed by atoms with E-state index in [1.165, 1.54) is 26.2 Å². The van der Waals surface area contributed by atoms with Gasteiger partial charge in [0.15, 0.2) is 5.78 Å². The maximum absolute atomic E-state index is 13.6. The largest absolute Gasteiger partial charge is 0.516 e. The number of carbonyl (C=O) groups is 8. The lowest BCUT2D eigenvalue weighted by Gasteiger charge is -2.24. The molecule has 19 nitrogen and oxygen atoms in total. The Morgan fingerprint density at radius 2 is 1.26 bits per heavy atom. The molecule has 0 saturated carbocycles. The highest BCUT2D eigenvalue weighted by Gasteiger charge is 2.30. The number of amides is 2. The number of fused-ring (bicyclic) bond motifs is 4. The minimum absolute atomic E-state index is 0.0827. The average Bonchev–Trinajstić information content (AvgIpc) is 1.73. The molecule has 2 aromatic heterocycles. The molecule has 1 aromatic carbocycles. The summed E-state index contributed by atoms with van der Waals surface area (Å²) < 4.78 is 32.6. The zero-order valence-corrected chi connectivity index (χ0v) is 54.2. The number of ketones is 1. The third-order valence-electron chi connectivity index (χ3n) is 13.4. The maximum atomic E-state index is 13.6. The number of benzene rings is 1. The number of esters is 3. The molecule has 3 heterocycles. The molecule has 2 atom stereocenters. The highest BCUT2D eigenvalue weighted by molar-refractivity contribution is 5.93. The van der Waals surface area contributed by atoms with Gasteiger partial charge in [-0.05, 0) is 117 Å². The molecule has 476 valence electrons. The van der Waals surface area contributed by atoms with Crippen molar-refractivity contribution in [3.8, 4) is 17.1 Å². The van der Waals surface area contributed by atoms with Gasteiger partial charge in [0.2, 0.25) is 11.8 Å². The second-order valence-corrected chi connectivity index (χ2v) is 22.7. The van der Waals surface area contributed by atoms with Gasteiger partial charge in [0.05, 0.1) is 49.2 Å². The predicted octanol–water partition coefficient (Wildman–Crippen LogP) is 12.6. The number of aldehydes is 1. The van der Waals surface area contributed by atoms with Crippen LogP contribution in [0.2, 0.25) is 0 Å². The molecule has 2 N–H and O–H groups in total. The summed E-state index contributed by atoms with van der Waals surface area (Å²) in [4.78, 5) is 114. The van der Waals surface area contributed by atoms with E-state index in [-0.39, 0.29) is 42.1 Å². The average molecular weight is 1190 g/mol. The molecule has 0 spiro atoms. The number of nitrogens with zero attached hydrogens (tertiary/aromatic N) is 2. The number of pyridine rings is 2. The molecule has 0 radical (unpaired) electrons. The smallest absolute Gasteiger partial charge is 0.497 e. The molecule has 1 aliphatic heterocycles. The standard InChI is InChI=1S/C39H51N3O9.C18H33NO4.C7H12O2.C2H6/c1-8-10-11-12-13-14-15-31(37(46)51-39(4,5)6)40-33(43)18-19-34(44)50-38(47)49-23-29-24(3)20-32-35-28(22-42(32)36(29)45)26(9-2)27-21-25(48-7)16-17-30(27)41-35;1-5-6-7-8-9-10-12-15(17(22)23-18(2,3)4)19-16(21)13-11-14-20;1-4-7(5-9-3)6(2)8;1-2/h16-17,20-21,31H,8-15,18-19,22-23H2,1-7H3,(H,40,43);14-15H,5-13H2,1-4H3,(H,19,21);4H,5H2,1-3H3;1-2H3/b;;7-4-;. The molecule has 2 amide bonds. The zero-order valence-electron chi connectivity index (χ0n) is 54.2. The Kier molecular flexibility index (Phi) is 36.4. The van der Waals surface area contributed by atoms with E-state index in [2.05, 4.69) is 31.4 Å². The van der Waals surface area contributed by atoms with Crippen molar-refractivity contribution in [1.82, 2.24) is 20.2 Å². The molecule has 0 saturated heterocycles. The minimum Gasteiger partial charge on any atom is -0.497 e. The van der Waals surface area contributed by atoms with Crippen molar-refractivity contribution in [2.24, 2.45) is 0 Å². The Balaban J connectivity index is 0.000000876. The quantitative estimate of drug-likeness (QED) is 0.0119. The van der Waals surface area contributed by atoms with Crippen LogP contribution in [0.15, 0.2) is 40.7 Å². The van der Waals surface area contributed by atoms with Crippen molar-refractivity contribution in [3.05, 3.63) is 68.5 Å². The number of aryl methyl sites for hydroxylation is 2. The molecule has 0 bridgehead atoms. The van der Waals surface area contributed by atoms with E-state index in [4.69, 9.17) is 33.4 Å². The van der Waals surface area contributed by atoms with Crippen LogP contribution < -0.4 is 20.9 Å². The van der Waals surface area contributed by atoms with Crippen LogP contribution in [0, 0.1) is 6.92 Å². The molecule has 0 aliphatic carbocycles. The van der Waals surface area contributed by atoms with Crippen LogP contribution in [0.25, 0.3) is 22.3 Å². The van der Waals surface area contributed by atoms with Gasteiger partial charge in [0.1, 0.15) is 41.9 Å². The summed E-state index contributed by atoms with van der Waals surface area (Å²) in [6.07, 6.45) is 15.3. The molecule has 2 unspecified atom stereocenters. The summed E-state index contributed by atoms with van der Waals surface area (Å²) in [5, 5.41) is 6.35. The van der Waals surface area contributed by atoms with Gasteiger partial charge in [0.25, 0.3) is 5.56 Å². The summed E-state index contributed by atoms with van der Waals surface area (Å²) >= 11 is 0. The number of aromatic nitrogens is 2. The molecular formula is C66H102N4O15. The third kappa shape index (κ3) is 28.8. The monoisotopic (exact) mass is 1190 g/mol. The van der Waals surface area contributed by atoms with E-state index in [0.717, 1.165) is 103 Å². The fourth-order valence-corrected chi connectivity index (χ4v) is 9.05. The van der Waals surface area contributed by atoms with E-state index in [1.807, 2.05) is 45.0 Å². The summed E-state index contributed by atoms with van der Waals surface area (Å²) in [6, 6.07) is 6.08. The van der Waals surface area contributed by atoms with Crippen LogP contribution in [0.1, 0.15) is 228 Å². The lowest BCUT2D eigenvalue weighted by Crippen LogP contribution is -2.44. The van der Waals surface area contributed by atoms with E-state index >= 15 is 0 Å². The predicted molar refractivity (Wildman–Crippen MR) is 331 cm³/mol. The summed E-state index contributed by atoms with van der Waals surface area (Å²) in [6.45, 7) is 26.5. The van der Waals surface area contributed by atoms with Gasteiger partial charge >= 0.3 is 24.1 Å². The lowest BCUT2D eigenvalue weighted by molar-refractivity contribution is -0.159. The van der Waals surface area contributed by atoms with E-state index in [0.29, 0.717) is 43.5 Å². The Morgan fingerprint density at radius 3 is 1.72 bits per heavy atom. The number of Topliss-reactive ketones (excluding diaryl/α,β-unsaturated/α-hetero) is 1. The number of nitrogens with one attached hydrogen (secondary N) is 2. The fourth-order valence-electron chi connectivity index (χ4n) is 9.05. The first-order chi connectivity index (χ1) is 40.3. The normalized spacial score (nSPS) is 12.2. The van der Waals surface area contributed by atoms with Crippen LogP contribution in [0.5, 0.6) is 5.75 Å². The summed E-state index contributed by atoms with van der Waals surface area (Å²) in [5.74, 6) is -1.92. The molecule has 4 rings (SSSR count). The number of rotatable bonds is 31. The van der Waals surface area contributed by atoms with Crippen molar-refractivity contribution in [1.29, 1.82) is 0 Å². The molecule has 85 heavy (non-hydrogen) atoms. The highest BCUT2D eigenvalue weighted by Crippen LogP contribution is 2.37. The van der Waals surface area contributed by atoms with E-state index < -0.39 is 66.3 Å². The fraction of sp³-hybridized carbons (Fsp3) is 0.636. The summed E-state index contributed by atoms with van der Waals surface area (Å²) in [5.41, 5.74) is 4.22. The van der Waals surface area contributed by atoms with Gasteiger partial charge in [-0.1, -0.05) is 118 Å². The van der Waals surface area contributed by atoms with E-state index in [9.17, 15) is 43.2 Å². The molecule has 0 fully saturated rings. The Labute approximate surface area is 505 Å². The number of ether oxygens (including phenoxy) is 6. The van der Waals surface area contributed by atoms with Crippen LogP contribution in [0.3, 0.4) is 0 Å². The minimum atomic E-state index is -1.28. The van der Waals surface area contributed by atoms with Crippen LogP contribution in [0.4, 0.5) is 4.79 Å².